The summed E-state index contributed by atoms with van der Waals surface area (Å²) in [6, 6.07) is 58.6. The first-order valence-corrected chi connectivity index (χ1v) is 22.6. The summed E-state index contributed by atoms with van der Waals surface area (Å²) < 4.78 is 52.9. The summed E-state index contributed by atoms with van der Waals surface area (Å²) in [7, 11) is 0. The number of rotatable bonds is 8. The van der Waals surface area contributed by atoms with Crippen LogP contribution in [0.3, 0.4) is 0 Å². The van der Waals surface area contributed by atoms with E-state index in [9.17, 15) is 0 Å². The number of benzene rings is 8. The molecule has 0 aliphatic carbocycles. The molecule has 0 saturated heterocycles. The van der Waals surface area contributed by atoms with Gasteiger partial charge >= 0.3 is 0 Å². The van der Waals surface area contributed by atoms with Gasteiger partial charge in [-0.15, -0.1) is 48.1 Å². The zero-order chi connectivity index (χ0) is 50.2. The summed E-state index contributed by atoms with van der Waals surface area (Å²) in [5.41, 5.74) is 11.6. The van der Waals surface area contributed by atoms with Crippen LogP contribution < -0.4 is 14.5 Å². The van der Waals surface area contributed by atoms with E-state index in [1.807, 2.05) is 96.6 Å². The number of para-hydroxylation sites is 3. The fraction of sp³-hybridized carbons (Fsp3) is 0.129. The van der Waals surface area contributed by atoms with Crippen molar-refractivity contribution < 1.29 is 32.7 Å². The van der Waals surface area contributed by atoms with Crippen LogP contribution in [0.1, 0.15) is 59.5 Å². The minimum atomic E-state index is -0.438. The summed E-state index contributed by atoms with van der Waals surface area (Å²) in [6.07, 6.45) is 1.88. The van der Waals surface area contributed by atoms with Crippen LogP contribution in [0.25, 0.3) is 61.0 Å². The average Bonchev–Trinajstić information content (AvgIpc) is 3.93. The maximum absolute atomic E-state index is 9.13. The number of anilines is 4. The number of hydrogen-bond acceptors (Lipinski definition) is 4. The SMILES string of the molecule is [2H]c1c([2H])c([2H])c(-c2cccc(-c3cccc(C(C)(C)C)c3)c2N2[CH-]N(c3[c-]c(Oc4[c-]c5c(cc4)c4cc(-c6ccccc6)ccc4n5-c4cc(C(C)(C)C)ccn4)ccc3)c3ccccc32)c([2H])c1[2H].[Pt]. The second kappa shape index (κ2) is 17.8. The molecule has 5 nitrogen and oxygen atoms in total. The monoisotopic (exact) mass is 1070 g/mol. The number of fused-ring (bicyclic) bond motifs is 4. The molecular formula is C62H51N4OPt-3. The van der Waals surface area contributed by atoms with E-state index in [1.54, 1.807) is 0 Å². The maximum Gasteiger partial charge on any atom is 0.135 e. The number of nitrogens with zero attached hydrogens (tertiary/aromatic N) is 4. The molecule has 0 bridgehead atoms. The largest absolute Gasteiger partial charge is 0.509 e. The molecule has 338 valence electrons. The second-order valence-corrected chi connectivity index (χ2v) is 19.1. The molecule has 0 amide bonds. The number of hydrogen-bond donors (Lipinski definition) is 0. The van der Waals surface area contributed by atoms with Gasteiger partial charge in [0.1, 0.15) is 5.82 Å². The molecule has 10 aromatic rings. The fourth-order valence-corrected chi connectivity index (χ4v) is 9.05. The first-order valence-electron chi connectivity index (χ1n) is 25.1. The van der Waals surface area contributed by atoms with E-state index in [0.717, 1.165) is 66.8 Å². The molecule has 1 aliphatic rings. The van der Waals surface area contributed by atoms with Crippen LogP contribution in [0.2, 0.25) is 0 Å². The molecule has 0 saturated carbocycles. The summed E-state index contributed by atoms with van der Waals surface area (Å²) >= 11 is 0. The molecular weight excluding hydrogens is 1010 g/mol. The van der Waals surface area contributed by atoms with Crippen molar-refractivity contribution in [3.63, 3.8) is 0 Å². The van der Waals surface area contributed by atoms with Crippen LogP contribution in [0.5, 0.6) is 11.5 Å². The molecule has 3 heterocycles. The van der Waals surface area contributed by atoms with Crippen molar-refractivity contribution in [2.45, 2.75) is 52.4 Å². The standard InChI is InChI=1S/C62H51N4O.Pt/c1-61(2,3)46-23-15-22-45(36-46)52-27-17-26-51(43-20-11-8-12-21-43)60(52)65-41-64(56-28-13-14-29-57(56)65)48-24-16-25-49(39-48)67-50-31-32-53-54-37-44(42-18-9-7-10-19-42)30-33-55(54)66(58(53)40-50)59-38-47(34-35-63-59)62(4,5)6;/h7-38,41H,1-6H3;/q-3;/i8D,11D,12D,20D,21D;. The number of aromatic nitrogens is 2. The Bertz CT molecular complexity index is 3740. The molecule has 0 atom stereocenters. The Hall–Kier alpha value is -7.20. The predicted octanol–water partition coefficient (Wildman–Crippen LogP) is 16.6. The normalized spacial score (nSPS) is 13.6. The van der Waals surface area contributed by atoms with Gasteiger partial charge in [-0.25, -0.2) is 4.98 Å². The zero-order valence-corrected chi connectivity index (χ0v) is 41.0. The van der Waals surface area contributed by atoms with Gasteiger partial charge in [-0.1, -0.05) is 174 Å². The Labute approximate surface area is 421 Å². The van der Waals surface area contributed by atoms with Gasteiger partial charge in [0, 0.05) is 72.5 Å². The molecule has 8 aromatic carbocycles. The summed E-state index contributed by atoms with van der Waals surface area (Å²) in [4.78, 5) is 9.01. The molecule has 0 N–H and O–H groups in total. The summed E-state index contributed by atoms with van der Waals surface area (Å²) in [6.45, 7) is 15.1. The van der Waals surface area contributed by atoms with Crippen LogP contribution in [-0.4, -0.2) is 9.55 Å². The van der Waals surface area contributed by atoms with E-state index >= 15 is 0 Å². The van der Waals surface area contributed by atoms with Gasteiger partial charge < -0.3 is 19.1 Å². The quantitative estimate of drug-likeness (QED) is 0.142. The summed E-state index contributed by atoms with van der Waals surface area (Å²) in [5.74, 6) is 1.79. The van der Waals surface area contributed by atoms with Gasteiger partial charge in [0.05, 0.1) is 6.85 Å². The van der Waals surface area contributed by atoms with Crippen molar-refractivity contribution in [1.29, 1.82) is 0 Å². The van der Waals surface area contributed by atoms with E-state index in [4.69, 9.17) is 16.6 Å². The molecule has 6 heteroatoms. The average molecular weight is 1070 g/mol. The van der Waals surface area contributed by atoms with E-state index in [0.29, 0.717) is 28.4 Å². The van der Waals surface area contributed by atoms with Crippen molar-refractivity contribution in [3.05, 3.63) is 224 Å². The number of pyridine rings is 1. The third-order valence-corrected chi connectivity index (χ3v) is 12.5. The van der Waals surface area contributed by atoms with Gasteiger partial charge in [0.2, 0.25) is 0 Å². The Morgan fingerprint density at radius 1 is 0.544 bits per heavy atom. The molecule has 0 radical (unpaired) electrons. The minimum Gasteiger partial charge on any atom is -0.509 e. The van der Waals surface area contributed by atoms with Crippen LogP contribution in [0.4, 0.5) is 22.7 Å². The summed E-state index contributed by atoms with van der Waals surface area (Å²) in [5, 5.41) is 2.10. The van der Waals surface area contributed by atoms with Crippen molar-refractivity contribution in [3.8, 4) is 50.7 Å². The van der Waals surface area contributed by atoms with Crippen molar-refractivity contribution >= 4 is 44.6 Å². The Balaban J connectivity index is 0.00000611. The van der Waals surface area contributed by atoms with Gasteiger partial charge in [0.15, 0.2) is 0 Å². The van der Waals surface area contributed by atoms with E-state index in [1.165, 1.54) is 5.56 Å². The molecule has 0 spiro atoms. The molecule has 0 unspecified atom stereocenters. The van der Waals surface area contributed by atoms with Crippen LogP contribution >= 0.6 is 0 Å². The van der Waals surface area contributed by atoms with Crippen LogP contribution in [0.15, 0.2) is 194 Å². The van der Waals surface area contributed by atoms with Gasteiger partial charge in [-0.2, -0.15) is 12.1 Å². The molecule has 2 aromatic heterocycles. The van der Waals surface area contributed by atoms with Gasteiger partial charge in [-0.05, 0) is 79.9 Å². The topological polar surface area (TPSA) is 33.5 Å². The van der Waals surface area contributed by atoms with E-state index < -0.39 is 18.1 Å². The molecule has 1 aliphatic heterocycles. The van der Waals surface area contributed by atoms with Crippen molar-refractivity contribution in [2.24, 2.45) is 0 Å². The second-order valence-electron chi connectivity index (χ2n) is 19.1. The van der Waals surface area contributed by atoms with Crippen molar-refractivity contribution in [1.82, 2.24) is 9.55 Å². The maximum atomic E-state index is 9.13. The smallest absolute Gasteiger partial charge is 0.135 e. The Kier molecular flexibility index (Phi) is 10.2. The van der Waals surface area contributed by atoms with Crippen molar-refractivity contribution in [2.75, 3.05) is 9.80 Å². The Morgan fingerprint density at radius 3 is 1.97 bits per heavy atom. The minimum absolute atomic E-state index is 0. The van der Waals surface area contributed by atoms with E-state index in [2.05, 4.69) is 142 Å². The third kappa shape index (κ3) is 8.30. The first kappa shape index (κ1) is 38.9. The van der Waals surface area contributed by atoms with E-state index in [-0.39, 0.29) is 49.5 Å². The van der Waals surface area contributed by atoms with Gasteiger partial charge in [-0.3, -0.25) is 0 Å². The number of ether oxygens (including phenoxy) is 1. The van der Waals surface area contributed by atoms with Crippen LogP contribution in [0, 0.1) is 18.8 Å². The third-order valence-electron chi connectivity index (χ3n) is 12.5. The predicted molar refractivity (Wildman–Crippen MR) is 278 cm³/mol. The zero-order valence-electron chi connectivity index (χ0n) is 43.7. The van der Waals surface area contributed by atoms with Gasteiger partial charge in [0.25, 0.3) is 0 Å². The first-order chi connectivity index (χ1) is 34.5. The molecule has 0 fully saturated rings. The van der Waals surface area contributed by atoms with Crippen LogP contribution in [-0.2, 0) is 31.9 Å². The molecule has 68 heavy (non-hydrogen) atoms. The Morgan fingerprint density at radius 2 is 1.21 bits per heavy atom. The fourth-order valence-electron chi connectivity index (χ4n) is 9.05. The molecule has 11 rings (SSSR count).